The number of aryl methyl sites for hydroxylation is 1. The molecule has 0 unspecified atom stereocenters. The molecular formula is C18H19N3O3. The molecule has 0 aliphatic rings. The third-order valence-corrected chi connectivity index (χ3v) is 3.81. The Bertz CT molecular complexity index is 858. The van der Waals surface area contributed by atoms with Gasteiger partial charge in [0.05, 0.1) is 25.9 Å². The van der Waals surface area contributed by atoms with Crippen molar-refractivity contribution in [2.24, 2.45) is 0 Å². The van der Waals surface area contributed by atoms with Crippen LogP contribution in [0.1, 0.15) is 12.0 Å². The number of nitrogens with zero attached hydrogens (tertiary/aromatic N) is 1. The zero-order valence-electron chi connectivity index (χ0n) is 13.6. The van der Waals surface area contributed by atoms with Crippen LogP contribution in [0.2, 0.25) is 0 Å². The predicted octanol–water partition coefficient (Wildman–Crippen LogP) is 3.15. The summed E-state index contributed by atoms with van der Waals surface area (Å²) in [7, 11) is 3.20. The van der Waals surface area contributed by atoms with E-state index in [1.165, 1.54) is 0 Å². The van der Waals surface area contributed by atoms with Gasteiger partial charge in [0.25, 0.3) is 0 Å². The second kappa shape index (κ2) is 7.04. The lowest BCUT2D eigenvalue weighted by atomic mass is 10.1. The normalized spacial score (nSPS) is 10.6. The summed E-state index contributed by atoms with van der Waals surface area (Å²) in [6.07, 6.45) is 2.76. The summed E-state index contributed by atoms with van der Waals surface area (Å²) in [5, 5.41) is 10.8. The monoisotopic (exact) mass is 325 g/mol. The van der Waals surface area contributed by atoms with Crippen LogP contribution in [0.4, 0.5) is 5.69 Å². The van der Waals surface area contributed by atoms with Gasteiger partial charge >= 0.3 is 0 Å². The number of amides is 1. The van der Waals surface area contributed by atoms with E-state index < -0.39 is 0 Å². The number of fused-ring (bicyclic) bond motifs is 1. The molecule has 0 saturated heterocycles. The summed E-state index contributed by atoms with van der Waals surface area (Å²) in [6.45, 7) is 0. The van der Waals surface area contributed by atoms with Crippen LogP contribution in [-0.2, 0) is 11.2 Å². The summed E-state index contributed by atoms with van der Waals surface area (Å²) in [4.78, 5) is 12.1. The van der Waals surface area contributed by atoms with Gasteiger partial charge in [-0.25, -0.2) is 0 Å². The minimum atomic E-state index is -0.0383. The molecule has 1 heterocycles. The Kier molecular flexibility index (Phi) is 4.65. The first-order valence-corrected chi connectivity index (χ1v) is 7.63. The van der Waals surface area contributed by atoms with E-state index in [9.17, 15) is 4.79 Å². The fraction of sp³-hybridized carbons (Fsp3) is 0.222. The van der Waals surface area contributed by atoms with E-state index in [1.807, 2.05) is 36.4 Å². The summed E-state index contributed by atoms with van der Waals surface area (Å²) in [6, 6.07) is 11.3. The molecule has 0 aliphatic carbocycles. The molecule has 0 atom stereocenters. The molecule has 3 aromatic rings. The smallest absolute Gasteiger partial charge is 0.224 e. The van der Waals surface area contributed by atoms with Gasteiger partial charge < -0.3 is 14.8 Å². The van der Waals surface area contributed by atoms with Crippen LogP contribution < -0.4 is 14.8 Å². The van der Waals surface area contributed by atoms with E-state index in [-0.39, 0.29) is 5.91 Å². The minimum Gasteiger partial charge on any atom is -0.493 e. The summed E-state index contributed by atoms with van der Waals surface area (Å²) >= 11 is 0. The lowest BCUT2D eigenvalue weighted by Crippen LogP contribution is -2.12. The third-order valence-electron chi connectivity index (χ3n) is 3.81. The van der Waals surface area contributed by atoms with Crippen LogP contribution >= 0.6 is 0 Å². The number of anilines is 1. The molecular weight excluding hydrogens is 306 g/mol. The molecule has 24 heavy (non-hydrogen) atoms. The highest BCUT2D eigenvalue weighted by Crippen LogP contribution is 2.28. The maximum absolute atomic E-state index is 12.1. The van der Waals surface area contributed by atoms with Crippen molar-refractivity contribution < 1.29 is 14.3 Å². The Morgan fingerprint density at radius 1 is 1.12 bits per heavy atom. The third kappa shape index (κ3) is 3.48. The van der Waals surface area contributed by atoms with Crippen molar-refractivity contribution in [3.8, 4) is 11.5 Å². The topological polar surface area (TPSA) is 76.2 Å². The van der Waals surface area contributed by atoms with Crippen molar-refractivity contribution in [1.29, 1.82) is 0 Å². The number of carbonyl (C=O) groups excluding carboxylic acids is 1. The van der Waals surface area contributed by atoms with Crippen LogP contribution in [0, 0.1) is 0 Å². The quantitative estimate of drug-likeness (QED) is 0.730. The molecule has 0 radical (unpaired) electrons. The number of carbonyl (C=O) groups is 1. The second-order valence-corrected chi connectivity index (χ2v) is 5.41. The molecule has 2 aromatic carbocycles. The average molecular weight is 325 g/mol. The fourth-order valence-electron chi connectivity index (χ4n) is 2.53. The molecule has 2 N–H and O–H groups in total. The number of aromatic amines is 1. The number of aromatic nitrogens is 2. The molecule has 0 spiro atoms. The van der Waals surface area contributed by atoms with Gasteiger partial charge in [0.15, 0.2) is 11.5 Å². The van der Waals surface area contributed by atoms with Gasteiger partial charge in [-0.15, -0.1) is 0 Å². The molecule has 1 amide bonds. The van der Waals surface area contributed by atoms with Crippen molar-refractivity contribution >= 4 is 22.5 Å². The molecule has 0 fully saturated rings. The van der Waals surface area contributed by atoms with E-state index >= 15 is 0 Å². The van der Waals surface area contributed by atoms with E-state index in [4.69, 9.17) is 9.47 Å². The average Bonchev–Trinajstić information content (AvgIpc) is 3.07. The number of methoxy groups -OCH3 is 2. The molecule has 0 saturated carbocycles. The lowest BCUT2D eigenvalue weighted by molar-refractivity contribution is -0.116. The Morgan fingerprint density at radius 3 is 2.75 bits per heavy atom. The first-order valence-electron chi connectivity index (χ1n) is 7.63. The molecule has 1 aromatic heterocycles. The van der Waals surface area contributed by atoms with Crippen molar-refractivity contribution in [3.05, 3.63) is 48.2 Å². The van der Waals surface area contributed by atoms with Gasteiger partial charge in [0.1, 0.15) is 0 Å². The van der Waals surface area contributed by atoms with Crippen molar-refractivity contribution in [3.63, 3.8) is 0 Å². The predicted molar refractivity (Wildman–Crippen MR) is 92.6 cm³/mol. The van der Waals surface area contributed by atoms with Crippen LogP contribution in [0.25, 0.3) is 10.9 Å². The van der Waals surface area contributed by atoms with Crippen molar-refractivity contribution in [2.75, 3.05) is 19.5 Å². The maximum atomic E-state index is 12.1. The van der Waals surface area contributed by atoms with Crippen LogP contribution in [-0.4, -0.2) is 30.3 Å². The number of benzene rings is 2. The molecule has 124 valence electrons. The standard InChI is InChI=1S/C18H19N3O3/c1-23-16-7-3-12(9-17(16)24-2)4-8-18(22)20-14-6-5-13-11-19-21-15(13)10-14/h3,5-7,9-11H,4,8H2,1-2H3,(H,19,21)(H,20,22). The van der Waals surface area contributed by atoms with Gasteiger partial charge in [-0.3, -0.25) is 9.89 Å². The molecule has 0 bridgehead atoms. The zero-order valence-corrected chi connectivity index (χ0v) is 13.6. The summed E-state index contributed by atoms with van der Waals surface area (Å²) in [5.74, 6) is 1.31. The van der Waals surface area contributed by atoms with Crippen molar-refractivity contribution in [2.45, 2.75) is 12.8 Å². The highest BCUT2D eigenvalue weighted by Gasteiger charge is 2.08. The second-order valence-electron chi connectivity index (χ2n) is 5.41. The van der Waals surface area contributed by atoms with Gasteiger partial charge in [0.2, 0.25) is 5.91 Å². The number of rotatable bonds is 6. The number of hydrogen-bond donors (Lipinski definition) is 2. The first kappa shape index (κ1) is 15.9. The molecule has 0 aliphatic heterocycles. The number of nitrogens with one attached hydrogen (secondary N) is 2. The van der Waals surface area contributed by atoms with Crippen LogP contribution in [0.5, 0.6) is 11.5 Å². The van der Waals surface area contributed by atoms with E-state index in [0.29, 0.717) is 24.3 Å². The Morgan fingerprint density at radius 2 is 1.96 bits per heavy atom. The molecule has 3 rings (SSSR count). The highest BCUT2D eigenvalue weighted by atomic mass is 16.5. The maximum Gasteiger partial charge on any atom is 0.224 e. The van der Waals surface area contributed by atoms with Gasteiger partial charge in [-0.1, -0.05) is 6.07 Å². The van der Waals surface area contributed by atoms with Crippen molar-refractivity contribution in [1.82, 2.24) is 10.2 Å². The number of H-pyrrole nitrogens is 1. The van der Waals surface area contributed by atoms with E-state index in [0.717, 1.165) is 22.2 Å². The summed E-state index contributed by atoms with van der Waals surface area (Å²) in [5.41, 5.74) is 2.67. The van der Waals surface area contributed by atoms with Crippen LogP contribution in [0.15, 0.2) is 42.6 Å². The minimum absolute atomic E-state index is 0.0383. The Labute approximate surface area is 139 Å². The lowest BCUT2D eigenvalue weighted by Gasteiger charge is -2.10. The Hall–Kier alpha value is -3.02. The number of ether oxygens (including phenoxy) is 2. The summed E-state index contributed by atoms with van der Waals surface area (Å²) < 4.78 is 10.5. The largest absolute Gasteiger partial charge is 0.493 e. The van der Waals surface area contributed by atoms with E-state index in [2.05, 4.69) is 15.5 Å². The van der Waals surface area contributed by atoms with Gasteiger partial charge in [-0.2, -0.15) is 5.10 Å². The SMILES string of the molecule is COc1ccc(CCC(=O)Nc2ccc3cn[nH]c3c2)cc1OC. The Balaban J connectivity index is 1.60. The molecule has 6 nitrogen and oxygen atoms in total. The van der Waals surface area contributed by atoms with E-state index in [1.54, 1.807) is 20.4 Å². The zero-order chi connectivity index (χ0) is 16.9. The van der Waals surface area contributed by atoms with Crippen LogP contribution in [0.3, 0.4) is 0 Å². The fourth-order valence-corrected chi connectivity index (χ4v) is 2.53. The van der Waals surface area contributed by atoms with Gasteiger partial charge in [0, 0.05) is 17.5 Å². The highest BCUT2D eigenvalue weighted by molar-refractivity contribution is 5.93. The molecule has 6 heteroatoms. The van der Waals surface area contributed by atoms with Gasteiger partial charge in [-0.05, 0) is 42.3 Å². The number of hydrogen-bond acceptors (Lipinski definition) is 4. The first-order chi connectivity index (χ1) is 11.7.